The number of nitrogens with one attached hydrogen (secondary N) is 2. The van der Waals surface area contributed by atoms with E-state index in [0.717, 1.165) is 63.0 Å². The largest absolute Gasteiger partial charge is 0.382 e. The number of aliphatic imine (C=N–C) groups is 1. The van der Waals surface area contributed by atoms with Crippen LogP contribution >= 0.6 is 24.0 Å². The van der Waals surface area contributed by atoms with Gasteiger partial charge in [0.25, 0.3) is 0 Å². The lowest BCUT2D eigenvalue weighted by molar-refractivity contribution is 0.107. The molecule has 2 N–H and O–H groups in total. The highest BCUT2D eigenvalue weighted by Crippen LogP contribution is 2.41. The molecule has 1 saturated carbocycles. The van der Waals surface area contributed by atoms with Crippen molar-refractivity contribution in [3.05, 3.63) is 35.8 Å². The van der Waals surface area contributed by atoms with Crippen molar-refractivity contribution in [1.82, 2.24) is 20.0 Å². The fourth-order valence-corrected chi connectivity index (χ4v) is 4.27. The number of rotatable bonds is 10. The standard InChI is InChI=1S/C23H37N5O.HI/c1-4-24-22(26-18-23(11-6-7-12-23)13-16-29-5-2)25-14-10-20-17-28-15-8-9-19(3)21(28)27-20;/h8-9,15,17H,4-7,10-14,16,18H2,1-3H3,(H2,24,25,26);1H. The van der Waals surface area contributed by atoms with E-state index in [4.69, 9.17) is 14.7 Å². The molecule has 0 bridgehead atoms. The normalized spacial score (nSPS) is 15.9. The molecule has 2 aromatic rings. The molecular formula is C23H38IN5O. The number of aryl methyl sites for hydroxylation is 1. The lowest BCUT2D eigenvalue weighted by Crippen LogP contribution is -2.39. The third kappa shape index (κ3) is 6.83. The molecule has 0 radical (unpaired) electrons. The first-order valence-electron chi connectivity index (χ1n) is 11.2. The zero-order valence-corrected chi connectivity index (χ0v) is 21.1. The fraction of sp³-hybridized carbons (Fsp3) is 0.652. The monoisotopic (exact) mass is 527 g/mol. The Morgan fingerprint density at radius 2 is 2.07 bits per heavy atom. The summed E-state index contributed by atoms with van der Waals surface area (Å²) >= 11 is 0. The number of imidazole rings is 1. The Morgan fingerprint density at radius 3 is 2.77 bits per heavy atom. The zero-order valence-electron chi connectivity index (χ0n) is 18.7. The maximum atomic E-state index is 5.63. The van der Waals surface area contributed by atoms with Crippen LogP contribution in [0.1, 0.15) is 57.2 Å². The molecule has 3 rings (SSSR count). The van der Waals surface area contributed by atoms with Crippen LogP contribution in [-0.4, -0.2) is 48.2 Å². The molecular weight excluding hydrogens is 489 g/mol. The Labute approximate surface area is 198 Å². The SMILES string of the molecule is CCNC(=NCC1(CCOCC)CCCC1)NCCc1cn2cccc(C)c2n1.I. The molecule has 30 heavy (non-hydrogen) atoms. The number of hydrogen-bond donors (Lipinski definition) is 2. The molecule has 0 aliphatic heterocycles. The first-order chi connectivity index (χ1) is 14.2. The molecule has 2 aromatic heterocycles. The highest BCUT2D eigenvalue weighted by Gasteiger charge is 2.33. The van der Waals surface area contributed by atoms with Crippen LogP contribution in [-0.2, 0) is 11.2 Å². The molecule has 1 aliphatic rings. The molecule has 168 valence electrons. The lowest BCUT2D eigenvalue weighted by atomic mass is 9.83. The van der Waals surface area contributed by atoms with E-state index in [1.807, 2.05) is 0 Å². The van der Waals surface area contributed by atoms with Gasteiger partial charge in [0, 0.05) is 51.7 Å². The summed E-state index contributed by atoms with van der Waals surface area (Å²) in [6, 6.07) is 4.16. The number of guanidine groups is 1. The van der Waals surface area contributed by atoms with Gasteiger partial charge in [-0.3, -0.25) is 4.99 Å². The average molecular weight is 527 g/mol. The van der Waals surface area contributed by atoms with Crippen LogP contribution in [0.15, 0.2) is 29.5 Å². The third-order valence-corrected chi connectivity index (χ3v) is 5.96. The predicted molar refractivity (Wildman–Crippen MR) is 135 cm³/mol. The van der Waals surface area contributed by atoms with Gasteiger partial charge in [0.1, 0.15) is 5.65 Å². The Hall–Kier alpha value is -1.35. The Morgan fingerprint density at radius 1 is 1.27 bits per heavy atom. The van der Waals surface area contributed by atoms with Crippen molar-refractivity contribution >= 4 is 35.6 Å². The second-order valence-corrected chi connectivity index (χ2v) is 8.18. The first kappa shape index (κ1) is 24.9. The van der Waals surface area contributed by atoms with Crippen molar-refractivity contribution in [2.75, 3.05) is 32.8 Å². The molecule has 1 aliphatic carbocycles. The highest BCUT2D eigenvalue weighted by atomic mass is 127. The third-order valence-electron chi connectivity index (χ3n) is 5.96. The summed E-state index contributed by atoms with van der Waals surface area (Å²) in [5.41, 5.74) is 3.67. The van der Waals surface area contributed by atoms with E-state index in [-0.39, 0.29) is 24.0 Å². The van der Waals surface area contributed by atoms with Crippen molar-refractivity contribution in [3.8, 4) is 0 Å². The van der Waals surface area contributed by atoms with E-state index in [2.05, 4.69) is 60.3 Å². The summed E-state index contributed by atoms with van der Waals surface area (Å²) in [5.74, 6) is 0.912. The molecule has 0 saturated heterocycles. The van der Waals surface area contributed by atoms with Crippen molar-refractivity contribution in [2.45, 2.75) is 59.3 Å². The Kier molecular flexibility index (Phi) is 10.4. The second-order valence-electron chi connectivity index (χ2n) is 8.18. The topological polar surface area (TPSA) is 63.0 Å². The maximum Gasteiger partial charge on any atom is 0.191 e. The Balaban J connectivity index is 0.00000320. The summed E-state index contributed by atoms with van der Waals surface area (Å²) in [6.45, 7) is 10.5. The van der Waals surface area contributed by atoms with Gasteiger partial charge in [-0.15, -0.1) is 24.0 Å². The van der Waals surface area contributed by atoms with E-state index >= 15 is 0 Å². The first-order valence-corrected chi connectivity index (χ1v) is 11.2. The number of pyridine rings is 1. The van der Waals surface area contributed by atoms with E-state index in [1.165, 1.54) is 31.2 Å². The number of nitrogens with zero attached hydrogens (tertiary/aromatic N) is 3. The van der Waals surface area contributed by atoms with Crippen LogP contribution in [0.5, 0.6) is 0 Å². The second kappa shape index (κ2) is 12.5. The van der Waals surface area contributed by atoms with Crippen molar-refractivity contribution in [1.29, 1.82) is 0 Å². The van der Waals surface area contributed by atoms with Gasteiger partial charge >= 0.3 is 0 Å². The predicted octanol–water partition coefficient (Wildman–Crippen LogP) is 4.35. The van der Waals surface area contributed by atoms with Crippen LogP contribution in [0.25, 0.3) is 5.65 Å². The van der Waals surface area contributed by atoms with Crippen LogP contribution in [0.2, 0.25) is 0 Å². The van der Waals surface area contributed by atoms with Crippen molar-refractivity contribution in [2.24, 2.45) is 10.4 Å². The summed E-state index contributed by atoms with van der Waals surface area (Å²) < 4.78 is 7.74. The van der Waals surface area contributed by atoms with Gasteiger partial charge in [0.05, 0.1) is 5.69 Å². The van der Waals surface area contributed by atoms with Gasteiger partial charge in [0.15, 0.2) is 5.96 Å². The van der Waals surface area contributed by atoms with Crippen LogP contribution in [0.3, 0.4) is 0 Å². The van der Waals surface area contributed by atoms with Gasteiger partial charge in [-0.1, -0.05) is 18.9 Å². The zero-order chi connectivity index (χ0) is 20.5. The van der Waals surface area contributed by atoms with Crippen LogP contribution in [0, 0.1) is 12.3 Å². The summed E-state index contributed by atoms with van der Waals surface area (Å²) in [4.78, 5) is 9.71. The Bertz CT molecular complexity index is 798. The summed E-state index contributed by atoms with van der Waals surface area (Å²) in [7, 11) is 0. The molecule has 0 aromatic carbocycles. The van der Waals surface area contributed by atoms with E-state index < -0.39 is 0 Å². The molecule has 0 amide bonds. The average Bonchev–Trinajstić information content (AvgIpc) is 3.35. The minimum atomic E-state index is 0. The molecule has 1 fully saturated rings. The minimum Gasteiger partial charge on any atom is -0.382 e. The highest BCUT2D eigenvalue weighted by molar-refractivity contribution is 14.0. The van der Waals surface area contributed by atoms with Gasteiger partial charge in [-0.25, -0.2) is 4.98 Å². The molecule has 6 nitrogen and oxygen atoms in total. The number of ether oxygens (including phenoxy) is 1. The summed E-state index contributed by atoms with van der Waals surface area (Å²) in [5, 5.41) is 6.89. The number of halogens is 1. The van der Waals surface area contributed by atoms with Gasteiger partial charge in [0.2, 0.25) is 0 Å². The molecule has 0 atom stereocenters. The van der Waals surface area contributed by atoms with E-state index in [0.29, 0.717) is 5.41 Å². The van der Waals surface area contributed by atoms with Crippen LogP contribution in [0.4, 0.5) is 0 Å². The smallest absolute Gasteiger partial charge is 0.191 e. The number of aromatic nitrogens is 2. The van der Waals surface area contributed by atoms with Gasteiger partial charge in [-0.05, 0) is 57.1 Å². The van der Waals surface area contributed by atoms with Gasteiger partial charge < -0.3 is 19.8 Å². The molecule has 7 heteroatoms. The summed E-state index contributed by atoms with van der Waals surface area (Å²) in [6.07, 6.45) is 11.3. The molecule has 0 unspecified atom stereocenters. The van der Waals surface area contributed by atoms with Gasteiger partial charge in [-0.2, -0.15) is 0 Å². The minimum absolute atomic E-state index is 0. The van der Waals surface area contributed by atoms with Crippen LogP contribution < -0.4 is 10.6 Å². The van der Waals surface area contributed by atoms with E-state index in [9.17, 15) is 0 Å². The van der Waals surface area contributed by atoms with Crippen molar-refractivity contribution < 1.29 is 4.74 Å². The quantitative estimate of drug-likeness (QED) is 0.209. The van der Waals surface area contributed by atoms with E-state index in [1.54, 1.807) is 0 Å². The van der Waals surface area contributed by atoms with Crippen molar-refractivity contribution in [3.63, 3.8) is 0 Å². The lowest BCUT2D eigenvalue weighted by Gasteiger charge is -2.27. The molecule has 0 spiro atoms. The number of fused-ring (bicyclic) bond motifs is 1. The fourth-order valence-electron chi connectivity index (χ4n) is 4.27. The molecule has 2 heterocycles. The maximum absolute atomic E-state index is 5.63. The number of hydrogen-bond acceptors (Lipinski definition) is 3.